The van der Waals surface area contributed by atoms with Crippen LogP contribution in [0.25, 0.3) is 0 Å². The van der Waals surface area contributed by atoms with Crippen LogP contribution in [0.15, 0.2) is 6.07 Å². The number of aromatic nitrogens is 1. The lowest BCUT2D eigenvalue weighted by Crippen LogP contribution is -2.54. The minimum absolute atomic E-state index is 0.258. The van der Waals surface area contributed by atoms with Crippen LogP contribution in [0.4, 0.5) is 5.82 Å². The van der Waals surface area contributed by atoms with E-state index in [-0.39, 0.29) is 5.54 Å². The molecule has 21 heavy (non-hydrogen) atoms. The summed E-state index contributed by atoms with van der Waals surface area (Å²) in [7, 11) is 4.32. The average molecular weight is 304 g/mol. The van der Waals surface area contributed by atoms with Crippen molar-refractivity contribution in [1.29, 1.82) is 0 Å². The first-order chi connectivity index (χ1) is 10.0. The minimum atomic E-state index is 0.258. The molecule has 0 unspecified atom stereocenters. The molecule has 114 valence electrons. The Labute approximate surface area is 132 Å². The summed E-state index contributed by atoms with van der Waals surface area (Å²) in [6.45, 7) is 0.904. The first kappa shape index (κ1) is 14.7. The van der Waals surface area contributed by atoms with Crippen molar-refractivity contribution >= 4 is 23.0 Å². The summed E-state index contributed by atoms with van der Waals surface area (Å²) in [5.74, 6) is 0.872. The fourth-order valence-electron chi connectivity index (χ4n) is 3.41. The molecule has 0 aliphatic heterocycles. The lowest BCUT2D eigenvalue weighted by molar-refractivity contribution is 0.0738. The van der Waals surface area contributed by atoms with Gasteiger partial charge in [0.15, 0.2) is 0 Å². The zero-order valence-electron chi connectivity index (χ0n) is 12.9. The second kappa shape index (κ2) is 5.54. The topological polar surface area (TPSA) is 54.2 Å². The van der Waals surface area contributed by atoms with Crippen LogP contribution in [0, 0.1) is 0 Å². The van der Waals surface area contributed by atoms with E-state index >= 15 is 0 Å². The molecule has 4 nitrogen and oxygen atoms in total. The highest BCUT2D eigenvalue weighted by molar-refractivity contribution is 7.80. The Hall–Kier alpha value is -1.20. The van der Waals surface area contributed by atoms with E-state index in [2.05, 4.69) is 30.4 Å². The fourth-order valence-corrected chi connectivity index (χ4v) is 3.57. The molecule has 0 atom stereocenters. The Morgan fingerprint density at radius 2 is 2.14 bits per heavy atom. The van der Waals surface area contributed by atoms with E-state index in [4.69, 9.17) is 22.9 Å². The van der Waals surface area contributed by atoms with Gasteiger partial charge in [0.1, 0.15) is 10.8 Å². The van der Waals surface area contributed by atoms with Crippen molar-refractivity contribution < 1.29 is 0 Å². The normalized spacial score (nSPS) is 19.2. The van der Waals surface area contributed by atoms with Gasteiger partial charge in [-0.2, -0.15) is 0 Å². The Balaban J connectivity index is 1.83. The lowest BCUT2D eigenvalue weighted by Gasteiger charge is -2.47. The molecule has 2 aliphatic rings. The summed E-state index contributed by atoms with van der Waals surface area (Å²) in [6.07, 6.45) is 7.13. The first-order valence-corrected chi connectivity index (χ1v) is 8.16. The fraction of sp³-hybridized carbons (Fsp3) is 0.625. The number of pyridine rings is 1. The quantitative estimate of drug-likeness (QED) is 0.816. The summed E-state index contributed by atoms with van der Waals surface area (Å²) in [5, 5.41) is 3.53. The van der Waals surface area contributed by atoms with Gasteiger partial charge in [0.05, 0.1) is 5.56 Å². The molecular weight excluding hydrogens is 280 g/mol. The number of nitrogens with one attached hydrogen (secondary N) is 1. The zero-order chi connectivity index (χ0) is 15.0. The molecule has 2 aliphatic carbocycles. The zero-order valence-corrected chi connectivity index (χ0v) is 13.7. The number of hydrogen-bond donors (Lipinski definition) is 2. The maximum absolute atomic E-state index is 5.90. The Bertz CT molecular complexity index is 564. The third-order valence-electron chi connectivity index (χ3n) is 5.13. The summed E-state index contributed by atoms with van der Waals surface area (Å²) >= 11 is 5.21. The SMILES string of the molecule is CN(C)C1(CNc2nc3c(cc2C(N)=S)CCC3)CCC1. The van der Waals surface area contributed by atoms with E-state index in [0.717, 1.165) is 30.8 Å². The highest BCUT2D eigenvalue weighted by atomic mass is 32.1. The maximum atomic E-state index is 5.90. The second-order valence-corrected chi connectivity index (χ2v) is 6.97. The number of likely N-dealkylation sites (N-methyl/N-ethyl adjacent to an activating group) is 1. The van der Waals surface area contributed by atoms with Gasteiger partial charge >= 0.3 is 0 Å². The molecule has 1 fully saturated rings. The predicted molar refractivity (Wildman–Crippen MR) is 90.9 cm³/mol. The van der Waals surface area contributed by atoms with Crippen LogP contribution in [-0.4, -0.2) is 41.1 Å². The molecule has 1 aromatic heterocycles. The smallest absolute Gasteiger partial charge is 0.136 e. The third kappa shape index (κ3) is 2.64. The third-order valence-corrected chi connectivity index (χ3v) is 5.35. The molecular formula is C16H24N4S. The molecule has 3 N–H and O–H groups in total. The van der Waals surface area contributed by atoms with Crippen LogP contribution in [-0.2, 0) is 12.8 Å². The Morgan fingerprint density at radius 1 is 1.38 bits per heavy atom. The molecule has 1 aromatic rings. The van der Waals surface area contributed by atoms with Gasteiger partial charge in [-0.05, 0) is 64.3 Å². The first-order valence-electron chi connectivity index (χ1n) is 7.76. The monoisotopic (exact) mass is 304 g/mol. The van der Waals surface area contributed by atoms with Gasteiger partial charge in [0.25, 0.3) is 0 Å². The van der Waals surface area contributed by atoms with E-state index in [1.165, 1.54) is 36.9 Å². The van der Waals surface area contributed by atoms with Crippen molar-refractivity contribution in [3.05, 3.63) is 22.9 Å². The van der Waals surface area contributed by atoms with Crippen molar-refractivity contribution in [2.24, 2.45) is 5.73 Å². The molecule has 0 amide bonds. The molecule has 0 spiro atoms. The number of nitrogens with two attached hydrogens (primary N) is 1. The molecule has 0 bridgehead atoms. The van der Waals surface area contributed by atoms with Crippen molar-refractivity contribution in [2.75, 3.05) is 26.0 Å². The number of aryl methyl sites for hydroxylation is 2. The van der Waals surface area contributed by atoms with Crippen molar-refractivity contribution in [3.63, 3.8) is 0 Å². The lowest BCUT2D eigenvalue weighted by atomic mass is 9.75. The number of fused-ring (bicyclic) bond motifs is 1. The molecule has 3 rings (SSSR count). The second-order valence-electron chi connectivity index (χ2n) is 6.53. The largest absolute Gasteiger partial charge is 0.389 e. The summed E-state index contributed by atoms with van der Waals surface area (Å²) in [6, 6.07) is 2.14. The summed E-state index contributed by atoms with van der Waals surface area (Å²) in [4.78, 5) is 7.57. The van der Waals surface area contributed by atoms with E-state index < -0.39 is 0 Å². The molecule has 1 saturated carbocycles. The van der Waals surface area contributed by atoms with E-state index in [0.29, 0.717) is 4.99 Å². The van der Waals surface area contributed by atoms with E-state index in [1.54, 1.807) is 0 Å². The van der Waals surface area contributed by atoms with Gasteiger partial charge in [-0.15, -0.1) is 0 Å². The molecule has 0 radical (unpaired) electrons. The van der Waals surface area contributed by atoms with Crippen LogP contribution < -0.4 is 11.1 Å². The minimum Gasteiger partial charge on any atom is -0.389 e. The number of hydrogen-bond acceptors (Lipinski definition) is 4. The van der Waals surface area contributed by atoms with Crippen LogP contribution >= 0.6 is 12.2 Å². The van der Waals surface area contributed by atoms with Gasteiger partial charge in [-0.25, -0.2) is 4.98 Å². The highest BCUT2D eigenvalue weighted by Gasteiger charge is 2.39. The summed E-state index contributed by atoms with van der Waals surface area (Å²) in [5.41, 5.74) is 9.58. The molecule has 0 saturated heterocycles. The Morgan fingerprint density at radius 3 is 2.71 bits per heavy atom. The van der Waals surface area contributed by atoms with Crippen molar-refractivity contribution in [2.45, 2.75) is 44.1 Å². The van der Waals surface area contributed by atoms with Gasteiger partial charge in [0, 0.05) is 17.8 Å². The number of rotatable bonds is 5. The van der Waals surface area contributed by atoms with Crippen LogP contribution in [0.3, 0.4) is 0 Å². The Kier molecular flexibility index (Phi) is 3.88. The van der Waals surface area contributed by atoms with Crippen molar-refractivity contribution in [1.82, 2.24) is 9.88 Å². The average Bonchev–Trinajstić information content (AvgIpc) is 2.82. The van der Waals surface area contributed by atoms with Crippen LogP contribution in [0.1, 0.15) is 42.5 Å². The van der Waals surface area contributed by atoms with Gasteiger partial charge in [0.2, 0.25) is 0 Å². The van der Waals surface area contributed by atoms with Gasteiger partial charge in [-0.1, -0.05) is 12.2 Å². The summed E-state index contributed by atoms with van der Waals surface area (Å²) < 4.78 is 0. The van der Waals surface area contributed by atoms with E-state index in [9.17, 15) is 0 Å². The number of thiocarbonyl (C=S) groups is 1. The number of anilines is 1. The van der Waals surface area contributed by atoms with Gasteiger partial charge < -0.3 is 16.0 Å². The van der Waals surface area contributed by atoms with Crippen LogP contribution in [0.2, 0.25) is 0 Å². The predicted octanol–water partition coefficient (Wildman–Crippen LogP) is 2.10. The molecule has 1 heterocycles. The number of nitrogens with zero attached hydrogens (tertiary/aromatic N) is 2. The van der Waals surface area contributed by atoms with Crippen molar-refractivity contribution in [3.8, 4) is 0 Å². The van der Waals surface area contributed by atoms with Gasteiger partial charge in [-0.3, -0.25) is 0 Å². The maximum Gasteiger partial charge on any atom is 0.136 e. The standard InChI is InChI=1S/C16H24N4S/c1-20(2)16(7-4-8-16)10-18-15-12(14(17)21)9-11-5-3-6-13(11)19-15/h9H,3-8,10H2,1-2H3,(H2,17,21)(H,18,19). The molecule has 5 heteroatoms. The van der Waals surface area contributed by atoms with Crippen LogP contribution in [0.5, 0.6) is 0 Å². The van der Waals surface area contributed by atoms with E-state index in [1.807, 2.05) is 0 Å². The molecule has 0 aromatic carbocycles. The highest BCUT2D eigenvalue weighted by Crippen LogP contribution is 2.36.